The van der Waals surface area contributed by atoms with Crippen LogP contribution in [0.4, 0.5) is 34.1 Å². The van der Waals surface area contributed by atoms with Gasteiger partial charge < -0.3 is 27.8 Å². The van der Waals surface area contributed by atoms with Crippen molar-refractivity contribution in [1.29, 1.82) is 0 Å². The Hall–Kier alpha value is -14.5. The molecular weight excluding hydrogens is 1310 g/mol. The number of furan rings is 2. The Kier molecular flexibility index (Phi) is 14.8. The molecule has 0 bridgehead atoms. The fourth-order valence-corrected chi connectivity index (χ4v) is 16.6. The van der Waals surface area contributed by atoms with E-state index >= 15 is 0 Å². The van der Waals surface area contributed by atoms with Gasteiger partial charge in [0.1, 0.15) is 22.3 Å². The summed E-state index contributed by atoms with van der Waals surface area (Å²) in [5, 5.41) is 16.8. The van der Waals surface area contributed by atoms with Crippen LogP contribution in [0.3, 0.4) is 0 Å². The molecule has 0 aliphatic heterocycles. The molecule has 0 saturated heterocycles. The maximum Gasteiger partial charge on any atom is 0.135 e. The zero-order valence-electron chi connectivity index (χ0n) is 58.7. The van der Waals surface area contributed by atoms with E-state index < -0.39 is 0 Å². The van der Waals surface area contributed by atoms with Gasteiger partial charge in [0.25, 0.3) is 0 Å². The second-order valence-corrected chi connectivity index (χ2v) is 27.9. The first-order chi connectivity index (χ1) is 53.5. The Morgan fingerprint density at radius 3 is 0.972 bits per heavy atom. The van der Waals surface area contributed by atoms with Gasteiger partial charge in [0.05, 0.1) is 33.4 Å². The highest BCUT2D eigenvalue weighted by atomic mass is 16.3. The number of rotatable bonds is 11. The van der Waals surface area contributed by atoms with Gasteiger partial charge in [-0.3, -0.25) is 0 Å². The molecule has 18 aromatic carbocycles. The van der Waals surface area contributed by atoms with E-state index in [0.29, 0.717) is 0 Å². The van der Waals surface area contributed by atoms with Crippen LogP contribution in [0, 0.1) is 0 Å². The van der Waals surface area contributed by atoms with Crippen molar-refractivity contribution in [3.05, 3.63) is 400 Å². The Morgan fingerprint density at radius 2 is 0.509 bits per heavy atom. The van der Waals surface area contributed by atoms with Crippen LogP contribution in [-0.4, -0.2) is 9.13 Å². The van der Waals surface area contributed by atoms with E-state index in [1.54, 1.807) is 0 Å². The van der Waals surface area contributed by atoms with Crippen LogP contribution in [-0.2, 0) is 0 Å². The van der Waals surface area contributed by atoms with E-state index in [4.69, 9.17) is 8.83 Å². The number of benzene rings is 18. The molecule has 0 unspecified atom stereocenters. The lowest BCUT2D eigenvalue weighted by Gasteiger charge is -2.28. The zero-order valence-corrected chi connectivity index (χ0v) is 58.7. The molecule has 22 aromatic rings. The van der Waals surface area contributed by atoms with Crippen molar-refractivity contribution >= 4 is 154 Å². The summed E-state index contributed by atoms with van der Waals surface area (Å²) in [6.07, 6.45) is 0. The summed E-state index contributed by atoms with van der Waals surface area (Å²) in [6.45, 7) is 0. The summed E-state index contributed by atoms with van der Waals surface area (Å²) in [4.78, 5) is 4.73. The van der Waals surface area contributed by atoms with E-state index in [1.807, 2.05) is 24.3 Å². The first kappa shape index (κ1) is 62.1. The van der Waals surface area contributed by atoms with Crippen molar-refractivity contribution in [2.75, 3.05) is 9.80 Å². The molecule has 108 heavy (non-hydrogen) atoms. The molecule has 4 aromatic heterocycles. The number of fused-ring (bicyclic) bond motifs is 15. The van der Waals surface area contributed by atoms with Crippen molar-refractivity contribution in [2.24, 2.45) is 0 Å². The molecule has 22 rings (SSSR count). The highest BCUT2D eigenvalue weighted by Gasteiger charge is 2.23. The van der Waals surface area contributed by atoms with Gasteiger partial charge in [0.2, 0.25) is 0 Å². The highest BCUT2D eigenvalue weighted by Crippen LogP contribution is 2.47. The third-order valence-corrected chi connectivity index (χ3v) is 21.8. The van der Waals surface area contributed by atoms with E-state index in [9.17, 15) is 0 Å². The van der Waals surface area contributed by atoms with Crippen LogP contribution in [0.1, 0.15) is 0 Å². The average molecular weight is 1380 g/mol. The predicted octanol–water partition coefficient (Wildman–Crippen LogP) is 28.8. The van der Waals surface area contributed by atoms with E-state index in [0.717, 1.165) is 89.4 Å². The van der Waals surface area contributed by atoms with Gasteiger partial charge in [0.15, 0.2) is 0 Å². The summed E-state index contributed by atoms with van der Waals surface area (Å²) < 4.78 is 17.3. The fraction of sp³-hybridized carbons (Fsp3) is 0. The van der Waals surface area contributed by atoms with Crippen LogP contribution in [0.5, 0.6) is 0 Å². The molecule has 0 amide bonds. The topological polar surface area (TPSA) is 42.6 Å². The van der Waals surface area contributed by atoms with Gasteiger partial charge in [-0.15, -0.1) is 0 Å². The minimum atomic E-state index is 0.883. The average Bonchev–Trinajstić information content (AvgIpc) is 1.48. The third kappa shape index (κ3) is 10.6. The van der Waals surface area contributed by atoms with Crippen LogP contribution < -0.4 is 9.80 Å². The molecule has 0 spiro atoms. The lowest BCUT2D eigenvalue weighted by Crippen LogP contribution is -2.11. The molecule has 506 valence electrons. The SMILES string of the molecule is c1ccc2cc(-c3ccc(N(c4ccc(-c5ccc(-n6c7ccccc7c7ccccc76)cc5)cc4)c4ccc5oc6ccccc6c5c4)cc3)ccc2c1.c1ccc2cc(-c3ccc(N(c4ccc5oc6ccccc6c5c4)c4ccc(-n5c6ccccc6c6ccccc65)c5ccccc45)cc3)ccc2c1. The number of nitrogens with zero attached hydrogens (tertiary/aromatic N) is 4. The maximum atomic E-state index is 6.27. The molecule has 0 fully saturated rings. The predicted molar refractivity (Wildman–Crippen MR) is 454 cm³/mol. The molecule has 0 aliphatic carbocycles. The van der Waals surface area contributed by atoms with Crippen molar-refractivity contribution in [2.45, 2.75) is 0 Å². The molecule has 4 heterocycles. The van der Waals surface area contributed by atoms with Crippen LogP contribution >= 0.6 is 0 Å². The molecule has 0 aliphatic rings. The fourth-order valence-electron chi connectivity index (χ4n) is 16.6. The molecule has 0 saturated carbocycles. The minimum absolute atomic E-state index is 0.883. The summed E-state index contributed by atoms with van der Waals surface area (Å²) in [6, 6.07) is 144. The second-order valence-electron chi connectivity index (χ2n) is 27.9. The summed E-state index contributed by atoms with van der Waals surface area (Å²) in [7, 11) is 0. The number of hydrogen-bond acceptors (Lipinski definition) is 4. The monoisotopic (exact) mass is 1380 g/mol. The number of anilines is 6. The molecule has 6 heteroatoms. The lowest BCUT2D eigenvalue weighted by molar-refractivity contribution is 0.668. The smallest absolute Gasteiger partial charge is 0.135 e. The largest absolute Gasteiger partial charge is 0.456 e. The van der Waals surface area contributed by atoms with Crippen LogP contribution in [0.2, 0.25) is 0 Å². The number of hydrogen-bond donors (Lipinski definition) is 0. The minimum Gasteiger partial charge on any atom is -0.456 e. The molecule has 0 radical (unpaired) electrons. The zero-order chi connectivity index (χ0) is 71.2. The molecule has 0 atom stereocenters. The van der Waals surface area contributed by atoms with Crippen LogP contribution in [0.15, 0.2) is 409 Å². The Balaban J connectivity index is 0.000000138. The second kappa shape index (κ2) is 25.7. The van der Waals surface area contributed by atoms with E-state index in [-0.39, 0.29) is 0 Å². The summed E-state index contributed by atoms with van der Waals surface area (Å²) in [5.74, 6) is 0. The van der Waals surface area contributed by atoms with Crippen LogP contribution in [0.25, 0.3) is 165 Å². The first-order valence-electron chi connectivity index (χ1n) is 36.8. The van der Waals surface area contributed by atoms with Crippen molar-refractivity contribution in [3.63, 3.8) is 0 Å². The standard InChI is InChI=1S/C52H34N2O.C50H32N2O/c1-2-10-39-33-40(18-17-35(39)9-1)38-23-27-42(28-24-38)53(44-31-32-52-48(34-44)47-13-5-8-16-51(47)55-52)41-25-19-36(20-26-41)37-21-29-43(30-22-37)54-49-14-6-3-11-45(49)46-12-4-7-15-50(46)54;1-2-12-35-31-36(22-21-33(35)11-1)34-23-25-37(26-24-34)51(38-27-30-50-44(32-38)43-17-7-10-20-49(43)53-50)47-28-29-48(42-14-4-3-13-41(42)47)52-45-18-8-5-15-39(45)40-16-6-9-19-46(40)52/h1-34H;1-32H. The highest BCUT2D eigenvalue weighted by molar-refractivity contribution is 6.14. The first-order valence-corrected chi connectivity index (χ1v) is 36.8. The van der Waals surface area contributed by atoms with Crippen molar-refractivity contribution in [1.82, 2.24) is 9.13 Å². The molecule has 6 nitrogen and oxygen atoms in total. The van der Waals surface area contributed by atoms with Gasteiger partial charge in [-0.2, -0.15) is 0 Å². The quantitative estimate of drug-likeness (QED) is 0.129. The van der Waals surface area contributed by atoms with E-state index in [2.05, 4.69) is 395 Å². The van der Waals surface area contributed by atoms with Gasteiger partial charge in [-0.1, -0.05) is 255 Å². The van der Waals surface area contributed by atoms with Gasteiger partial charge in [0, 0.05) is 88.0 Å². The van der Waals surface area contributed by atoms with Crippen molar-refractivity contribution < 1.29 is 8.83 Å². The van der Waals surface area contributed by atoms with Gasteiger partial charge in [-0.05, 0) is 201 Å². The van der Waals surface area contributed by atoms with E-state index in [1.165, 1.54) is 109 Å². The Bertz CT molecular complexity index is 7140. The lowest BCUT2D eigenvalue weighted by atomic mass is 10.00. The molecular formula is C102H66N4O2. The van der Waals surface area contributed by atoms with Gasteiger partial charge in [-0.25, -0.2) is 0 Å². The van der Waals surface area contributed by atoms with Crippen molar-refractivity contribution in [3.8, 4) is 44.8 Å². The third-order valence-electron chi connectivity index (χ3n) is 21.8. The maximum absolute atomic E-state index is 6.27. The Morgan fingerprint density at radius 1 is 0.185 bits per heavy atom. The molecule has 0 N–H and O–H groups in total. The summed E-state index contributed by atoms with van der Waals surface area (Å²) >= 11 is 0. The number of para-hydroxylation sites is 6. The number of aromatic nitrogens is 2. The van der Waals surface area contributed by atoms with Gasteiger partial charge >= 0.3 is 0 Å². The summed E-state index contributed by atoms with van der Waals surface area (Å²) in [5.41, 5.74) is 24.3. The normalized spacial score (nSPS) is 11.7. The Labute approximate surface area is 622 Å².